The fourth-order valence-electron chi connectivity index (χ4n) is 9.73. The Balaban J connectivity index is 1.20. The summed E-state index contributed by atoms with van der Waals surface area (Å²) < 4.78 is 128. The smallest absolute Gasteiger partial charge is 0.307 e. The molecule has 0 saturated heterocycles. The van der Waals surface area contributed by atoms with Gasteiger partial charge in [0.1, 0.15) is 0 Å². The summed E-state index contributed by atoms with van der Waals surface area (Å²) in [5.74, 6) is -12.1. The van der Waals surface area contributed by atoms with Gasteiger partial charge in [-0.2, -0.15) is 13.2 Å². The Morgan fingerprint density at radius 2 is 0.704 bits per heavy atom. The SMILES string of the molecule is Fc1c(F)c(F)c(-c2cc(-n3c4ccccc4c4ccc(-c5cccc(-c6ccccc6)n5)cc43)c(-n3c4ccccc4c4ccc(-c5cccc(-c6ccccc6)n5)cc43)cc2C(F)(F)F)c(F)c1F. The van der Waals surface area contributed by atoms with Gasteiger partial charge >= 0.3 is 6.18 Å². The number of halogens is 8. The number of hydrogen-bond acceptors (Lipinski definition) is 2. The molecule has 0 atom stereocenters. The van der Waals surface area contributed by atoms with Crippen LogP contribution in [-0.4, -0.2) is 19.1 Å². The molecule has 8 aromatic carbocycles. The van der Waals surface area contributed by atoms with E-state index in [0.29, 0.717) is 77.5 Å². The number of aromatic nitrogens is 4. The maximum Gasteiger partial charge on any atom is 0.417 e. The van der Waals surface area contributed by atoms with Crippen molar-refractivity contribution < 1.29 is 35.1 Å². The van der Waals surface area contributed by atoms with Gasteiger partial charge in [-0.25, -0.2) is 31.9 Å². The second kappa shape index (κ2) is 16.7. The lowest BCUT2D eigenvalue weighted by Gasteiger charge is -2.23. The van der Waals surface area contributed by atoms with E-state index in [1.807, 2.05) is 146 Å². The molecule has 0 fully saturated rings. The lowest BCUT2D eigenvalue weighted by molar-refractivity contribution is -0.137. The van der Waals surface area contributed by atoms with E-state index in [2.05, 4.69) is 0 Å². The molecule has 0 unspecified atom stereocenters. The van der Waals surface area contributed by atoms with Crippen molar-refractivity contribution in [1.29, 1.82) is 0 Å². The van der Waals surface area contributed by atoms with Gasteiger partial charge in [0.15, 0.2) is 23.3 Å². The minimum atomic E-state index is -5.39. The molecule has 4 aromatic heterocycles. The van der Waals surface area contributed by atoms with Crippen molar-refractivity contribution in [1.82, 2.24) is 19.1 Å². The third-order valence-corrected chi connectivity index (χ3v) is 13.0. The predicted molar refractivity (Wildman–Crippen MR) is 263 cm³/mol. The molecular formula is C59H32F8N4. The molecule has 4 heterocycles. The number of hydrogen-bond donors (Lipinski definition) is 0. The second-order valence-corrected chi connectivity index (χ2v) is 17.0. The Bertz CT molecular complexity index is 4080. The minimum Gasteiger partial charge on any atom is -0.307 e. The average molecular weight is 949 g/mol. The van der Waals surface area contributed by atoms with Crippen molar-refractivity contribution in [2.45, 2.75) is 6.18 Å². The molecule has 0 N–H and O–H groups in total. The highest BCUT2D eigenvalue weighted by Gasteiger charge is 2.39. The van der Waals surface area contributed by atoms with E-state index in [4.69, 9.17) is 9.97 Å². The summed E-state index contributed by atoms with van der Waals surface area (Å²) in [7, 11) is 0. The lowest BCUT2D eigenvalue weighted by Crippen LogP contribution is -2.14. The van der Waals surface area contributed by atoms with E-state index in [9.17, 15) is 4.39 Å². The third kappa shape index (κ3) is 7.12. The number of fused-ring (bicyclic) bond motifs is 6. The first-order chi connectivity index (χ1) is 34.4. The molecule has 0 aliphatic heterocycles. The fourth-order valence-corrected chi connectivity index (χ4v) is 9.73. The van der Waals surface area contributed by atoms with Gasteiger partial charge in [0.05, 0.1) is 67.3 Å². The van der Waals surface area contributed by atoms with Crippen LogP contribution in [0.5, 0.6) is 0 Å². The van der Waals surface area contributed by atoms with Crippen LogP contribution in [0.4, 0.5) is 35.1 Å². The highest BCUT2D eigenvalue weighted by molar-refractivity contribution is 6.13. The Morgan fingerprint density at radius 3 is 1.15 bits per heavy atom. The van der Waals surface area contributed by atoms with Crippen molar-refractivity contribution in [3.05, 3.63) is 229 Å². The molecule has 344 valence electrons. The van der Waals surface area contributed by atoms with Crippen LogP contribution in [0.2, 0.25) is 0 Å². The van der Waals surface area contributed by atoms with E-state index >= 15 is 30.7 Å². The Hall–Kier alpha value is -8.90. The molecule has 0 spiro atoms. The van der Waals surface area contributed by atoms with Crippen molar-refractivity contribution in [2.75, 3.05) is 0 Å². The summed E-state index contributed by atoms with van der Waals surface area (Å²) in [4.78, 5) is 9.93. The first-order valence-corrected chi connectivity index (χ1v) is 22.3. The zero-order valence-corrected chi connectivity index (χ0v) is 36.8. The van der Waals surface area contributed by atoms with Gasteiger partial charge in [0, 0.05) is 49.4 Å². The third-order valence-electron chi connectivity index (χ3n) is 13.0. The largest absolute Gasteiger partial charge is 0.417 e. The number of benzene rings is 8. The molecule has 12 heteroatoms. The lowest BCUT2D eigenvalue weighted by atomic mass is 9.95. The molecule has 71 heavy (non-hydrogen) atoms. The number of alkyl halides is 3. The van der Waals surface area contributed by atoms with E-state index in [0.717, 1.165) is 23.3 Å². The monoisotopic (exact) mass is 948 g/mol. The molecule has 0 aliphatic carbocycles. The molecule has 4 nitrogen and oxygen atoms in total. The van der Waals surface area contributed by atoms with Gasteiger partial charge in [-0.1, -0.05) is 133 Å². The van der Waals surface area contributed by atoms with Gasteiger partial charge in [0.25, 0.3) is 0 Å². The van der Waals surface area contributed by atoms with Crippen LogP contribution in [-0.2, 0) is 6.18 Å². The zero-order chi connectivity index (χ0) is 48.7. The summed E-state index contributed by atoms with van der Waals surface area (Å²) in [6.07, 6.45) is -5.39. The highest BCUT2D eigenvalue weighted by atomic mass is 19.4. The van der Waals surface area contributed by atoms with E-state index < -0.39 is 52.0 Å². The Labute approximate surface area is 399 Å². The van der Waals surface area contributed by atoms with Crippen molar-refractivity contribution in [2.24, 2.45) is 0 Å². The maximum atomic E-state index is 16.1. The Kier molecular flexibility index (Phi) is 10.2. The quantitative estimate of drug-likeness (QED) is 0.0907. The van der Waals surface area contributed by atoms with Crippen LogP contribution >= 0.6 is 0 Å². The molecule has 0 bridgehead atoms. The van der Waals surface area contributed by atoms with Gasteiger partial charge < -0.3 is 9.13 Å². The molecular weight excluding hydrogens is 917 g/mol. The summed E-state index contributed by atoms with van der Waals surface area (Å²) >= 11 is 0. The van der Waals surface area contributed by atoms with Crippen LogP contribution < -0.4 is 0 Å². The molecule has 0 aliphatic rings. The molecule has 12 aromatic rings. The standard InChI is InChI=1S/C59H32F8N4/c60-54-53(55(61)57(63)58(64)56(54)62)41-31-51(70-47-23-9-7-17-37(47)39-27-25-35(29-49(39)70)45-21-11-19-43(68-45)33-13-3-1-4-14-33)52(32-42(41)59(65,66)67)71-48-24-10-8-18-38(48)40-28-26-36(30-50(40)71)46-22-12-20-44(69-46)34-15-5-2-6-16-34/h1-32H. The van der Waals surface area contributed by atoms with Gasteiger partial charge in [-0.15, -0.1) is 0 Å². The molecule has 0 amide bonds. The molecule has 12 rings (SSSR count). The van der Waals surface area contributed by atoms with Crippen molar-refractivity contribution in [3.63, 3.8) is 0 Å². The predicted octanol–water partition coefficient (Wildman–Crippen LogP) is 16.7. The fraction of sp³-hybridized carbons (Fsp3) is 0.0169. The number of para-hydroxylation sites is 2. The summed E-state index contributed by atoms with van der Waals surface area (Å²) in [6, 6.07) is 57.2. The number of pyridine rings is 2. The second-order valence-electron chi connectivity index (χ2n) is 17.0. The van der Waals surface area contributed by atoms with Crippen molar-refractivity contribution >= 4 is 43.6 Å². The van der Waals surface area contributed by atoms with E-state index in [1.54, 1.807) is 45.5 Å². The average Bonchev–Trinajstić information content (AvgIpc) is 3.92. The molecule has 0 saturated carbocycles. The van der Waals surface area contributed by atoms with Gasteiger partial charge in [-0.3, -0.25) is 0 Å². The number of nitrogens with zero attached hydrogens (tertiary/aromatic N) is 4. The maximum absolute atomic E-state index is 16.1. The topological polar surface area (TPSA) is 35.6 Å². The first kappa shape index (κ1) is 43.4. The molecule has 0 radical (unpaired) electrons. The number of rotatable bonds is 7. The minimum absolute atomic E-state index is 0.0662. The van der Waals surface area contributed by atoms with E-state index in [1.165, 1.54) is 0 Å². The van der Waals surface area contributed by atoms with Crippen LogP contribution in [0, 0.1) is 29.1 Å². The Morgan fingerprint density at radius 1 is 0.324 bits per heavy atom. The van der Waals surface area contributed by atoms with Crippen LogP contribution in [0.3, 0.4) is 0 Å². The van der Waals surface area contributed by atoms with Crippen molar-refractivity contribution in [3.8, 4) is 67.5 Å². The van der Waals surface area contributed by atoms with Crippen LogP contribution in [0.1, 0.15) is 5.56 Å². The van der Waals surface area contributed by atoms with E-state index in [-0.39, 0.29) is 11.4 Å². The van der Waals surface area contributed by atoms with Gasteiger partial charge in [-0.05, 0) is 60.7 Å². The van der Waals surface area contributed by atoms with Crippen LogP contribution in [0.15, 0.2) is 194 Å². The van der Waals surface area contributed by atoms with Gasteiger partial charge in [0.2, 0.25) is 5.82 Å². The van der Waals surface area contributed by atoms with Crippen LogP contribution in [0.25, 0.3) is 111 Å². The first-order valence-electron chi connectivity index (χ1n) is 22.3. The normalized spacial score (nSPS) is 11.9. The zero-order valence-electron chi connectivity index (χ0n) is 36.8. The highest BCUT2D eigenvalue weighted by Crippen LogP contribution is 2.47. The summed E-state index contributed by atoms with van der Waals surface area (Å²) in [5.41, 5.74) is 2.54. The summed E-state index contributed by atoms with van der Waals surface area (Å²) in [6.45, 7) is 0. The summed E-state index contributed by atoms with van der Waals surface area (Å²) in [5, 5.41) is 2.64.